The molecule has 0 fully saturated rings. The summed E-state index contributed by atoms with van der Waals surface area (Å²) in [5, 5.41) is 0. The summed E-state index contributed by atoms with van der Waals surface area (Å²) >= 11 is 0. The summed E-state index contributed by atoms with van der Waals surface area (Å²) in [5.74, 6) is 3.92. The average Bonchev–Trinajstić information content (AvgIpc) is 2.78. The first-order chi connectivity index (χ1) is 14.4. The highest BCUT2D eigenvalue weighted by molar-refractivity contribution is 6.21. The van der Waals surface area contributed by atoms with Gasteiger partial charge >= 0.3 is 7.69 Å². The highest BCUT2D eigenvalue weighted by Crippen LogP contribution is 2.33. The van der Waals surface area contributed by atoms with Gasteiger partial charge in [-0.15, -0.1) is 0 Å². The van der Waals surface area contributed by atoms with E-state index in [1.807, 2.05) is 109 Å². The lowest BCUT2D eigenvalue weighted by Gasteiger charge is -2.14. The Labute approximate surface area is 170 Å². The zero-order valence-corrected chi connectivity index (χ0v) is 15.7. The summed E-state index contributed by atoms with van der Waals surface area (Å²) in [7, 11) is 0.0182. The van der Waals surface area contributed by atoms with Gasteiger partial charge in [0.1, 0.15) is 23.0 Å². The Kier molecular flexibility index (Phi) is 5.98. The maximum absolute atomic E-state index is 5.91. The van der Waals surface area contributed by atoms with Crippen LogP contribution in [0.3, 0.4) is 0 Å². The van der Waals surface area contributed by atoms with Gasteiger partial charge in [0.15, 0.2) is 11.5 Å². The van der Waals surface area contributed by atoms with Crippen molar-refractivity contribution in [2.75, 3.05) is 0 Å². The predicted molar refractivity (Wildman–Crippen MR) is 114 cm³/mol. The summed E-state index contributed by atoms with van der Waals surface area (Å²) in [6, 6.07) is 34.1. The van der Waals surface area contributed by atoms with Crippen LogP contribution in [-0.2, 0) is 0 Å². The van der Waals surface area contributed by atoms with Gasteiger partial charge in [0.2, 0.25) is 0 Å². The Bertz CT molecular complexity index is 954. The summed E-state index contributed by atoms with van der Waals surface area (Å²) in [4.78, 5) is 0. The summed E-state index contributed by atoms with van der Waals surface area (Å²) in [6.45, 7) is 0. The average molecular weight is 382 g/mol. The fourth-order valence-corrected chi connectivity index (χ4v) is 2.69. The lowest BCUT2D eigenvalue weighted by Crippen LogP contribution is -2.12. The Balaban J connectivity index is 1.41. The molecule has 0 amide bonds. The van der Waals surface area contributed by atoms with Crippen LogP contribution in [0.25, 0.3) is 0 Å². The molecular weight excluding hydrogens is 363 g/mol. The van der Waals surface area contributed by atoms with Crippen LogP contribution in [-0.4, -0.2) is 7.69 Å². The summed E-state index contributed by atoms with van der Waals surface area (Å²) in [5.41, 5.74) is 0. The van der Waals surface area contributed by atoms with Crippen molar-refractivity contribution >= 4 is 7.69 Å². The minimum atomic E-state index is 0.0182. The van der Waals surface area contributed by atoms with Crippen LogP contribution in [0.1, 0.15) is 0 Å². The Morgan fingerprint density at radius 2 is 0.724 bits per heavy atom. The number of benzene rings is 4. The Morgan fingerprint density at radius 1 is 0.379 bits per heavy atom. The number of rotatable bonds is 8. The van der Waals surface area contributed by atoms with Crippen molar-refractivity contribution in [2.45, 2.75) is 0 Å². The molecule has 4 aromatic rings. The maximum Gasteiger partial charge on any atom is 0.576 e. The van der Waals surface area contributed by atoms with E-state index in [4.69, 9.17) is 18.8 Å². The van der Waals surface area contributed by atoms with E-state index in [1.165, 1.54) is 0 Å². The molecule has 142 valence electrons. The molecule has 29 heavy (non-hydrogen) atoms. The topological polar surface area (TPSA) is 36.9 Å². The van der Waals surface area contributed by atoms with Crippen molar-refractivity contribution in [3.8, 4) is 34.5 Å². The summed E-state index contributed by atoms with van der Waals surface area (Å²) in [6.07, 6.45) is 0. The lowest BCUT2D eigenvalue weighted by atomic mass is 10.2. The van der Waals surface area contributed by atoms with E-state index < -0.39 is 0 Å². The zero-order valence-electron chi connectivity index (χ0n) is 15.7. The van der Waals surface area contributed by atoms with Crippen molar-refractivity contribution in [3.05, 3.63) is 109 Å². The highest BCUT2D eigenvalue weighted by atomic mass is 16.6. The molecule has 4 aromatic carbocycles. The minimum absolute atomic E-state index is 0.0182. The monoisotopic (exact) mass is 382 g/mol. The van der Waals surface area contributed by atoms with E-state index in [-0.39, 0.29) is 7.69 Å². The van der Waals surface area contributed by atoms with E-state index in [0.717, 1.165) is 11.5 Å². The minimum Gasteiger partial charge on any atom is -0.526 e. The van der Waals surface area contributed by atoms with Crippen LogP contribution in [0.15, 0.2) is 109 Å². The van der Waals surface area contributed by atoms with E-state index >= 15 is 0 Å². The molecule has 0 atom stereocenters. The molecule has 0 bridgehead atoms. The van der Waals surface area contributed by atoms with Gasteiger partial charge in [0.05, 0.1) is 0 Å². The van der Waals surface area contributed by atoms with Gasteiger partial charge in [0, 0.05) is 0 Å². The fraction of sp³-hybridized carbons (Fsp3) is 0. The van der Waals surface area contributed by atoms with Gasteiger partial charge in [0.25, 0.3) is 0 Å². The normalized spacial score (nSPS) is 10.1. The maximum atomic E-state index is 5.91. The number of hydrogen-bond donors (Lipinski definition) is 0. The van der Waals surface area contributed by atoms with Crippen LogP contribution in [0.2, 0.25) is 0 Å². The molecule has 0 aliphatic rings. The smallest absolute Gasteiger partial charge is 0.526 e. The van der Waals surface area contributed by atoms with Gasteiger partial charge in [-0.05, 0) is 48.5 Å². The van der Waals surface area contributed by atoms with Crippen LogP contribution in [0.5, 0.6) is 34.5 Å². The molecule has 0 N–H and O–H groups in total. The second-order valence-corrected chi connectivity index (χ2v) is 6.13. The first kappa shape index (κ1) is 18.5. The molecule has 0 unspecified atom stereocenters. The number of ether oxygens (including phenoxy) is 2. The largest absolute Gasteiger partial charge is 0.576 e. The molecule has 5 heteroatoms. The molecule has 0 aliphatic heterocycles. The van der Waals surface area contributed by atoms with Gasteiger partial charge < -0.3 is 18.8 Å². The van der Waals surface area contributed by atoms with Crippen molar-refractivity contribution in [1.82, 2.24) is 0 Å². The van der Waals surface area contributed by atoms with Gasteiger partial charge in [-0.3, -0.25) is 0 Å². The first-order valence-electron chi connectivity index (χ1n) is 9.28. The SMILES string of the molecule is B(Oc1ccccc1Oc1ccccc1)Oc1ccccc1Oc1ccccc1. The molecular formula is C24H19BO4. The van der Waals surface area contributed by atoms with E-state index in [2.05, 4.69) is 0 Å². The number of para-hydroxylation sites is 6. The third-order valence-corrected chi connectivity index (χ3v) is 4.07. The molecule has 0 heterocycles. The highest BCUT2D eigenvalue weighted by Gasteiger charge is 2.10. The predicted octanol–water partition coefficient (Wildman–Crippen LogP) is 6.00. The molecule has 0 aromatic heterocycles. The molecule has 0 radical (unpaired) electrons. The molecule has 4 rings (SSSR count). The second-order valence-electron chi connectivity index (χ2n) is 6.13. The Morgan fingerprint density at radius 3 is 1.14 bits per heavy atom. The quantitative estimate of drug-likeness (QED) is 0.351. The van der Waals surface area contributed by atoms with Gasteiger partial charge in [-0.2, -0.15) is 0 Å². The molecule has 0 saturated heterocycles. The third-order valence-electron chi connectivity index (χ3n) is 4.07. The molecule has 0 saturated carbocycles. The fourth-order valence-electron chi connectivity index (χ4n) is 2.69. The molecule has 0 spiro atoms. The van der Waals surface area contributed by atoms with Crippen molar-refractivity contribution in [1.29, 1.82) is 0 Å². The van der Waals surface area contributed by atoms with Gasteiger partial charge in [-0.1, -0.05) is 60.7 Å². The van der Waals surface area contributed by atoms with Crippen LogP contribution >= 0.6 is 0 Å². The third kappa shape index (κ3) is 5.11. The van der Waals surface area contributed by atoms with Gasteiger partial charge in [-0.25, -0.2) is 0 Å². The molecule has 0 aliphatic carbocycles. The van der Waals surface area contributed by atoms with E-state index in [1.54, 1.807) is 0 Å². The van der Waals surface area contributed by atoms with Crippen molar-refractivity contribution < 1.29 is 18.8 Å². The van der Waals surface area contributed by atoms with Crippen molar-refractivity contribution in [2.24, 2.45) is 0 Å². The zero-order chi connectivity index (χ0) is 19.7. The lowest BCUT2D eigenvalue weighted by molar-refractivity contribution is 0.404. The van der Waals surface area contributed by atoms with E-state index in [9.17, 15) is 0 Å². The Hall–Kier alpha value is -3.86. The number of hydrogen-bond acceptors (Lipinski definition) is 4. The van der Waals surface area contributed by atoms with Crippen LogP contribution < -0.4 is 18.8 Å². The van der Waals surface area contributed by atoms with Crippen LogP contribution in [0, 0.1) is 0 Å². The van der Waals surface area contributed by atoms with E-state index in [0.29, 0.717) is 23.0 Å². The standard InChI is InChI=1S/C24H19BO4/c1-3-11-19(12-4-1)26-21-15-7-9-17-23(21)28-25-29-24-18-10-8-16-22(24)27-20-13-5-2-6-14-20/h1-18,25H. The summed E-state index contributed by atoms with van der Waals surface area (Å²) < 4.78 is 23.5. The molecule has 4 nitrogen and oxygen atoms in total. The van der Waals surface area contributed by atoms with Crippen molar-refractivity contribution in [3.63, 3.8) is 0 Å². The first-order valence-corrected chi connectivity index (χ1v) is 9.28. The van der Waals surface area contributed by atoms with Crippen LogP contribution in [0.4, 0.5) is 0 Å². The second kappa shape index (κ2) is 9.37.